The number of aromatic hydroxyl groups is 1. The van der Waals surface area contributed by atoms with Gasteiger partial charge in [0.05, 0.1) is 0 Å². The van der Waals surface area contributed by atoms with E-state index in [1.807, 2.05) is 0 Å². The number of phosphoric ester groups is 1. The van der Waals surface area contributed by atoms with Gasteiger partial charge in [-0.3, -0.25) is 14.6 Å². The summed E-state index contributed by atoms with van der Waals surface area (Å²) < 4.78 is 14.8. The average molecular weight is 277 g/mol. The monoisotopic (exact) mass is 277 g/mol. The molecule has 9 heteroatoms. The van der Waals surface area contributed by atoms with Crippen molar-refractivity contribution < 1.29 is 33.9 Å². The molecule has 1 rings (SSSR count). The van der Waals surface area contributed by atoms with E-state index in [-0.39, 0.29) is 6.42 Å². The van der Waals surface area contributed by atoms with Crippen molar-refractivity contribution in [1.82, 2.24) is 0 Å². The number of nitrogens with two attached hydrogens (primary N) is 1. The number of benzene rings is 1. The quantitative estimate of drug-likeness (QED) is 0.465. The minimum absolute atomic E-state index is 0.0287. The summed E-state index contributed by atoms with van der Waals surface area (Å²) in [5, 5.41) is 18.1. The summed E-state index contributed by atoms with van der Waals surface area (Å²) in [7, 11) is -4.75. The Balaban J connectivity index is 2.86. The van der Waals surface area contributed by atoms with E-state index < -0.39 is 31.3 Å². The molecule has 0 amide bonds. The lowest BCUT2D eigenvalue weighted by Crippen LogP contribution is -2.32. The van der Waals surface area contributed by atoms with E-state index in [4.69, 9.17) is 20.6 Å². The van der Waals surface area contributed by atoms with Crippen molar-refractivity contribution in [3.05, 3.63) is 23.8 Å². The predicted octanol–water partition coefficient (Wildman–Crippen LogP) is -0.182. The molecule has 1 aromatic rings. The van der Waals surface area contributed by atoms with Crippen molar-refractivity contribution in [1.29, 1.82) is 0 Å². The molecule has 100 valence electrons. The molecular formula is C9H12NO7P. The van der Waals surface area contributed by atoms with Crippen LogP contribution < -0.4 is 10.3 Å². The first kappa shape index (κ1) is 14.5. The summed E-state index contributed by atoms with van der Waals surface area (Å²) in [4.78, 5) is 27.7. The first-order valence-electron chi connectivity index (χ1n) is 4.74. The van der Waals surface area contributed by atoms with E-state index >= 15 is 0 Å². The van der Waals surface area contributed by atoms with Crippen molar-refractivity contribution in [3.8, 4) is 11.5 Å². The molecule has 0 bridgehead atoms. The second kappa shape index (κ2) is 5.36. The molecule has 0 heterocycles. The summed E-state index contributed by atoms with van der Waals surface area (Å²) in [6.07, 6.45) is -0.0287. The number of hydrogen-bond acceptors (Lipinski definition) is 5. The van der Waals surface area contributed by atoms with Crippen LogP contribution >= 0.6 is 7.82 Å². The van der Waals surface area contributed by atoms with Crippen LogP contribution in [0.5, 0.6) is 11.5 Å². The van der Waals surface area contributed by atoms with Crippen LogP contribution in [0, 0.1) is 0 Å². The Labute approximate surface area is 102 Å². The van der Waals surface area contributed by atoms with Crippen molar-refractivity contribution in [2.24, 2.45) is 5.73 Å². The normalized spacial score (nSPS) is 13.1. The van der Waals surface area contributed by atoms with Crippen LogP contribution in [0.15, 0.2) is 18.2 Å². The number of phenolic OH excluding ortho intramolecular Hbond substituents is 1. The zero-order chi connectivity index (χ0) is 13.9. The van der Waals surface area contributed by atoms with Crippen LogP contribution in [0.1, 0.15) is 5.56 Å². The van der Waals surface area contributed by atoms with Gasteiger partial charge >= 0.3 is 13.8 Å². The number of carboxylic acids is 1. The van der Waals surface area contributed by atoms with E-state index in [2.05, 4.69) is 4.52 Å². The van der Waals surface area contributed by atoms with E-state index in [0.717, 1.165) is 12.1 Å². The van der Waals surface area contributed by atoms with Crippen molar-refractivity contribution in [3.63, 3.8) is 0 Å². The zero-order valence-electron chi connectivity index (χ0n) is 9.05. The fourth-order valence-corrected chi connectivity index (χ4v) is 1.65. The minimum atomic E-state index is -4.75. The molecule has 1 aromatic carbocycles. The number of carboxylic acid groups (broad SMARTS) is 1. The smallest absolute Gasteiger partial charge is 0.504 e. The Morgan fingerprint density at radius 3 is 2.50 bits per heavy atom. The molecule has 6 N–H and O–H groups in total. The highest BCUT2D eigenvalue weighted by Gasteiger charge is 2.19. The molecule has 1 atom stereocenters. The topological polar surface area (TPSA) is 150 Å². The van der Waals surface area contributed by atoms with Crippen LogP contribution in [-0.4, -0.2) is 32.0 Å². The fourth-order valence-electron chi connectivity index (χ4n) is 1.24. The molecule has 0 aliphatic rings. The van der Waals surface area contributed by atoms with Crippen LogP contribution in [0.25, 0.3) is 0 Å². The van der Waals surface area contributed by atoms with Gasteiger partial charge in [-0.15, -0.1) is 0 Å². The molecule has 8 nitrogen and oxygen atoms in total. The highest BCUT2D eigenvalue weighted by molar-refractivity contribution is 7.46. The molecule has 0 aliphatic heterocycles. The summed E-state index contributed by atoms with van der Waals surface area (Å²) in [6.45, 7) is 0. The highest BCUT2D eigenvalue weighted by Crippen LogP contribution is 2.41. The third-order valence-electron chi connectivity index (χ3n) is 2.01. The number of phosphoric acid groups is 1. The number of rotatable bonds is 5. The maximum absolute atomic E-state index is 10.6. The van der Waals surface area contributed by atoms with Crippen LogP contribution in [0.3, 0.4) is 0 Å². The van der Waals surface area contributed by atoms with Crippen molar-refractivity contribution in [2.45, 2.75) is 12.5 Å². The Bertz CT molecular complexity index is 498. The standard InChI is InChI=1S/C9H12NO7P/c10-6(9(12)13)3-5-1-2-8(7(11)4-5)17-18(14,15)16/h1-2,4,6,11H,3,10H2,(H,12,13)(H2,14,15,16). The van der Waals surface area contributed by atoms with Gasteiger partial charge in [0, 0.05) is 0 Å². The van der Waals surface area contributed by atoms with Crippen LogP contribution in [0.4, 0.5) is 0 Å². The van der Waals surface area contributed by atoms with Gasteiger partial charge in [0.1, 0.15) is 6.04 Å². The van der Waals surface area contributed by atoms with Gasteiger partial charge < -0.3 is 20.5 Å². The molecule has 0 spiro atoms. The van der Waals surface area contributed by atoms with Gasteiger partial charge in [-0.25, -0.2) is 4.57 Å². The van der Waals surface area contributed by atoms with Crippen molar-refractivity contribution >= 4 is 13.8 Å². The van der Waals surface area contributed by atoms with Gasteiger partial charge in [0.2, 0.25) is 0 Å². The molecule has 18 heavy (non-hydrogen) atoms. The maximum Gasteiger partial charge on any atom is 0.524 e. The summed E-state index contributed by atoms with van der Waals surface area (Å²) in [5.74, 6) is -2.09. The lowest BCUT2D eigenvalue weighted by atomic mass is 10.1. The maximum atomic E-state index is 10.6. The van der Waals surface area contributed by atoms with Gasteiger partial charge in [-0.2, -0.15) is 0 Å². The first-order chi connectivity index (χ1) is 8.19. The second-order valence-electron chi connectivity index (χ2n) is 3.53. The minimum Gasteiger partial charge on any atom is -0.504 e. The molecule has 0 radical (unpaired) electrons. The summed E-state index contributed by atoms with van der Waals surface area (Å²) in [6, 6.07) is 2.48. The zero-order valence-corrected chi connectivity index (χ0v) is 9.95. The lowest BCUT2D eigenvalue weighted by Gasteiger charge is -2.11. The molecule has 0 aliphatic carbocycles. The second-order valence-corrected chi connectivity index (χ2v) is 4.70. The van der Waals surface area contributed by atoms with Gasteiger partial charge in [0.25, 0.3) is 0 Å². The predicted molar refractivity (Wildman–Crippen MR) is 60.1 cm³/mol. The third kappa shape index (κ3) is 4.34. The average Bonchev–Trinajstić information content (AvgIpc) is 2.20. The lowest BCUT2D eigenvalue weighted by molar-refractivity contribution is -0.138. The largest absolute Gasteiger partial charge is 0.524 e. The number of hydrogen-bond donors (Lipinski definition) is 5. The van der Waals surface area contributed by atoms with E-state index in [9.17, 15) is 14.5 Å². The Morgan fingerprint density at radius 2 is 2.06 bits per heavy atom. The molecule has 0 saturated carbocycles. The molecule has 0 fully saturated rings. The fraction of sp³-hybridized carbons (Fsp3) is 0.222. The number of aliphatic carboxylic acids is 1. The van der Waals surface area contributed by atoms with E-state index in [0.29, 0.717) is 5.56 Å². The Morgan fingerprint density at radius 1 is 1.44 bits per heavy atom. The number of phenols is 1. The molecule has 0 aromatic heterocycles. The van der Waals surface area contributed by atoms with E-state index in [1.165, 1.54) is 6.07 Å². The summed E-state index contributed by atoms with van der Waals surface area (Å²) in [5.41, 5.74) is 5.70. The molecule has 0 saturated heterocycles. The Kier molecular flexibility index (Phi) is 4.31. The SMILES string of the molecule is NC(Cc1ccc(OP(=O)(O)O)c(O)c1)C(=O)O. The van der Waals surface area contributed by atoms with Crippen molar-refractivity contribution in [2.75, 3.05) is 0 Å². The molecule has 1 unspecified atom stereocenters. The van der Waals surface area contributed by atoms with Crippen LogP contribution in [-0.2, 0) is 15.8 Å². The van der Waals surface area contributed by atoms with Crippen LogP contribution in [0.2, 0.25) is 0 Å². The number of carbonyl (C=O) groups is 1. The van der Waals surface area contributed by atoms with Gasteiger partial charge in [-0.1, -0.05) is 6.07 Å². The van der Waals surface area contributed by atoms with E-state index in [1.54, 1.807) is 0 Å². The summed E-state index contributed by atoms with van der Waals surface area (Å²) >= 11 is 0. The van der Waals surface area contributed by atoms with Gasteiger partial charge in [-0.05, 0) is 24.1 Å². The third-order valence-corrected chi connectivity index (χ3v) is 2.45. The first-order valence-corrected chi connectivity index (χ1v) is 6.27. The Hall–Kier alpha value is -1.60. The van der Waals surface area contributed by atoms with Gasteiger partial charge in [0.15, 0.2) is 11.5 Å². The highest BCUT2D eigenvalue weighted by atomic mass is 31.2. The molecular weight excluding hydrogens is 265 g/mol.